The van der Waals surface area contributed by atoms with Crippen molar-refractivity contribution in [2.75, 3.05) is 14.2 Å². The van der Waals surface area contributed by atoms with Crippen molar-refractivity contribution < 1.29 is 18.7 Å². The quantitative estimate of drug-likeness (QED) is 0.668. The summed E-state index contributed by atoms with van der Waals surface area (Å²) in [7, 11) is 2.92. The monoisotopic (exact) mass is 342 g/mol. The van der Waals surface area contributed by atoms with Crippen molar-refractivity contribution in [1.29, 1.82) is 0 Å². The third-order valence-electron chi connectivity index (χ3n) is 4.32. The number of benzene rings is 1. The van der Waals surface area contributed by atoms with E-state index in [1.807, 2.05) is 17.6 Å². The van der Waals surface area contributed by atoms with Crippen molar-refractivity contribution in [1.82, 2.24) is 9.55 Å². The first-order chi connectivity index (χ1) is 12.0. The molecule has 0 spiro atoms. The Labute approximate surface area is 145 Å². The van der Waals surface area contributed by atoms with E-state index in [1.54, 1.807) is 25.4 Å². The van der Waals surface area contributed by atoms with E-state index < -0.39 is 0 Å². The Bertz CT molecular complexity index is 917. The molecule has 3 rings (SSSR count). The molecule has 2 aromatic heterocycles. The van der Waals surface area contributed by atoms with Crippen molar-refractivity contribution in [3.63, 3.8) is 0 Å². The number of fused-ring (bicyclic) bond motifs is 1. The normalized spacial score (nSPS) is 10.9. The Morgan fingerprint density at radius 1 is 1.24 bits per heavy atom. The highest BCUT2D eigenvalue weighted by atomic mass is 19.1. The SMILES string of the molecule is COC(=O)Cn1c(C)c(Cc2ccc(OC)nc2)c2cc(F)ccc21. The lowest BCUT2D eigenvalue weighted by Crippen LogP contribution is -2.12. The van der Waals surface area contributed by atoms with Gasteiger partial charge in [0.1, 0.15) is 12.4 Å². The first kappa shape index (κ1) is 17.0. The fourth-order valence-corrected chi connectivity index (χ4v) is 2.98. The summed E-state index contributed by atoms with van der Waals surface area (Å²) in [6, 6.07) is 8.31. The molecule has 0 N–H and O–H groups in total. The fraction of sp³-hybridized carbons (Fsp3) is 0.263. The van der Waals surface area contributed by atoms with Crippen LogP contribution in [0.1, 0.15) is 16.8 Å². The zero-order valence-corrected chi connectivity index (χ0v) is 14.4. The zero-order chi connectivity index (χ0) is 18.0. The highest BCUT2D eigenvalue weighted by Gasteiger charge is 2.17. The van der Waals surface area contributed by atoms with Gasteiger partial charge in [-0.3, -0.25) is 4.79 Å². The van der Waals surface area contributed by atoms with Gasteiger partial charge in [-0.05, 0) is 36.2 Å². The largest absolute Gasteiger partial charge is 0.481 e. The van der Waals surface area contributed by atoms with E-state index in [2.05, 4.69) is 4.98 Å². The van der Waals surface area contributed by atoms with E-state index in [4.69, 9.17) is 9.47 Å². The molecular formula is C19H19FN2O3. The van der Waals surface area contributed by atoms with E-state index in [-0.39, 0.29) is 18.3 Å². The molecule has 0 atom stereocenters. The number of hydrogen-bond acceptors (Lipinski definition) is 4. The highest BCUT2D eigenvalue weighted by molar-refractivity contribution is 5.87. The Balaban J connectivity index is 2.07. The van der Waals surface area contributed by atoms with Crippen LogP contribution >= 0.6 is 0 Å². The lowest BCUT2D eigenvalue weighted by atomic mass is 10.0. The van der Waals surface area contributed by atoms with Gasteiger partial charge in [0.2, 0.25) is 5.88 Å². The van der Waals surface area contributed by atoms with Crippen LogP contribution in [0.4, 0.5) is 4.39 Å². The van der Waals surface area contributed by atoms with Gasteiger partial charge in [-0.25, -0.2) is 9.37 Å². The number of halogens is 1. The predicted octanol–water partition coefficient (Wildman–Crippen LogP) is 3.26. The molecule has 0 saturated heterocycles. The van der Waals surface area contributed by atoms with Gasteiger partial charge in [-0.1, -0.05) is 6.07 Å². The van der Waals surface area contributed by atoms with E-state index >= 15 is 0 Å². The molecule has 0 aliphatic carbocycles. The molecule has 3 aromatic rings. The lowest BCUT2D eigenvalue weighted by molar-refractivity contribution is -0.141. The third kappa shape index (κ3) is 3.33. The smallest absolute Gasteiger partial charge is 0.325 e. The minimum Gasteiger partial charge on any atom is -0.481 e. The molecule has 0 fully saturated rings. The number of carbonyl (C=O) groups excluding carboxylic acids is 1. The van der Waals surface area contributed by atoms with E-state index in [0.717, 1.165) is 27.7 Å². The second kappa shape index (κ2) is 6.93. The number of aromatic nitrogens is 2. The Hall–Kier alpha value is -2.89. The average Bonchev–Trinajstić information content (AvgIpc) is 2.87. The lowest BCUT2D eigenvalue weighted by Gasteiger charge is -2.07. The molecular weight excluding hydrogens is 323 g/mol. The summed E-state index contributed by atoms with van der Waals surface area (Å²) in [6.07, 6.45) is 2.32. The van der Waals surface area contributed by atoms with Gasteiger partial charge in [0.25, 0.3) is 0 Å². The summed E-state index contributed by atoms with van der Waals surface area (Å²) in [4.78, 5) is 16.0. The maximum Gasteiger partial charge on any atom is 0.325 e. The molecule has 0 unspecified atom stereocenters. The summed E-state index contributed by atoms with van der Waals surface area (Å²) in [6.45, 7) is 2.01. The first-order valence-electron chi connectivity index (χ1n) is 7.86. The number of esters is 1. The van der Waals surface area contributed by atoms with E-state index in [9.17, 15) is 9.18 Å². The standard InChI is InChI=1S/C19H19FN2O3/c1-12-15(8-13-4-7-18(24-2)21-10-13)16-9-14(20)5-6-17(16)22(12)11-19(23)25-3/h4-7,9-10H,8,11H2,1-3H3. The summed E-state index contributed by atoms with van der Waals surface area (Å²) in [5.74, 6) is -0.113. The predicted molar refractivity (Wildman–Crippen MR) is 92.2 cm³/mol. The number of nitrogens with zero attached hydrogens (tertiary/aromatic N) is 2. The van der Waals surface area contributed by atoms with E-state index in [0.29, 0.717) is 12.3 Å². The Morgan fingerprint density at radius 3 is 2.68 bits per heavy atom. The number of methoxy groups -OCH3 is 2. The Morgan fingerprint density at radius 2 is 2.04 bits per heavy atom. The highest BCUT2D eigenvalue weighted by Crippen LogP contribution is 2.29. The van der Waals surface area contributed by atoms with Crippen LogP contribution in [0, 0.1) is 12.7 Å². The van der Waals surface area contributed by atoms with Crippen molar-refractivity contribution in [2.45, 2.75) is 19.9 Å². The second-order valence-electron chi connectivity index (χ2n) is 5.77. The van der Waals surface area contributed by atoms with Gasteiger partial charge in [0, 0.05) is 35.3 Å². The summed E-state index contributed by atoms with van der Waals surface area (Å²) >= 11 is 0. The average molecular weight is 342 g/mol. The van der Waals surface area contributed by atoms with Gasteiger partial charge in [-0.2, -0.15) is 0 Å². The van der Waals surface area contributed by atoms with Crippen LogP contribution in [0.2, 0.25) is 0 Å². The summed E-state index contributed by atoms with van der Waals surface area (Å²) in [5.41, 5.74) is 3.65. The van der Waals surface area contributed by atoms with Crippen LogP contribution in [0.5, 0.6) is 5.88 Å². The van der Waals surface area contributed by atoms with Crippen LogP contribution in [0.15, 0.2) is 36.5 Å². The van der Waals surface area contributed by atoms with Gasteiger partial charge < -0.3 is 14.0 Å². The van der Waals surface area contributed by atoms with Crippen LogP contribution in [0.3, 0.4) is 0 Å². The molecule has 0 radical (unpaired) electrons. The van der Waals surface area contributed by atoms with E-state index in [1.165, 1.54) is 19.2 Å². The van der Waals surface area contributed by atoms with Crippen LogP contribution < -0.4 is 4.74 Å². The first-order valence-corrected chi connectivity index (χ1v) is 7.86. The van der Waals surface area contributed by atoms with Crippen molar-refractivity contribution in [3.8, 4) is 5.88 Å². The molecule has 6 heteroatoms. The minimum absolute atomic E-state index is 0.0886. The maximum atomic E-state index is 13.8. The zero-order valence-electron chi connectivity index (χ0n) is 14.4. The molecule has 0 aliphatic heterocycles. The third-order valence-corrected chi connectivity index (χ3v) is 4.32. The van der Waals surface area contributed by atoms with Crippen molar-refractivity contribution in [2.24, 2.45) is 0 Å². The molecule has 0 amide bonds. The molecule has 25 heavy (non-hydrogen) atoms. The molecule has 5 nitrogen and oxygen atoms in total. The molecule has 1 aromatic carbocycles. The summed E-state index contributed by atoms with van der Waals surface area (Å²) in [5, 5.41) is 0.789. The van der Waals surface area contributed by atoms with Gasteiger partial charge >= 0.3 is 5.97 Å². The molecule has 2 heterocycles. The van der Waals surface area contributed by atoms with Gasteiger partial charge in [0.15, 0.2) is 0 Å². The number of pyridine rings is 1. The van der Waals surface area contributed by atoms with Crippen LogP contribution in [-0.2, 0) is 22.5 Å². The second-order valence-corrected chi connectivity index (χ2v) is 5.77. The van der Waals surface area contributed by atoms with Gasteiger partial charge in [0.05, 0.1) is 14.2 Å². The molecule has 0 aliphatic rings. The number of hydrogen-bond donors (Lipinski definition) is 0. The molecule has 130 valence electrons. The molecule has 0 saturated carbocycles. The van der Waals surface area contributed by atoms with Crippen LogP contribution in [0.25, 0.3) is 10.9 Å². The number of ether oxygens (including phenoxy) is 2. The minimum atomic E-state index is -0.345. The van der Waals surface area contributed by atoms with Gasteiger partial charge in [-0.15, -0.1) is 0 Å². The number of rotatable bonds is 5. The Kier molecular flexibility index (Phi) is 4.70. The molecule has 0 bridgehead atoms. The van der Waals surface area contributed by atoms with Crippen molar-refractivity contribution in [3.05, 3.63) is 59.2 Å². The summed E-state index contributed by atoms with van der Waals surface area (Å²) < 4.78 is 25.5. The van der Waals surface area contributed by atoms with Crippen LogP contribution in [-0.4, -0.2) is 29.7 Å². The maximum absolute atomic E-state index is 13.8. The topological polar surface area (TPSA) is 53.4 Å². The van der Waals surface area contributed by atoms with Crippen molar-refractivity contribution >= 4 is 16.9 Å². The fourth-order valence-electron chi connectivity index (χ4n) is 2.98. The number of carbonyl (C=O) groups is 1.